The molecule has 2 heterocycles. The first kappa shape index (κ1) is 10.3. The van der Waals surface area contributed by atoms with Gasteiger partial charge < -0.3 is 9.88 Å². The smallest absolute Gasteiger partial charge is 0.0948 e. The van der Waals surface area contributed by atoms with Crippen molar-refractivity contribution in [3.05, 3.63) is 18.2 Å². The van der Waals surface area contributed by atoms with Crippen molar-refractivity contribution >= 4 is 0 Å². The molecule has 0 aromatic carbocycles. The Balaban J connectivity index is 1.57. The summed E-state index contributed by atoms with van der Waals surface area (Å²) in [6, 6.07) is 0.559. The SMILES string of the molecule is c1ncn(CCCC2CC2)c1C1CCCN1. The molecule has 0 radical (unpaired) electrons. The molecule has 1 saturated heterocycles. The largest absolute Gasteiger partial charge is 0.333 e. The molecule has 1 aromatic rings. The standard InChI is InChI=1S/C13H21N3/c1-4-12(15-7-1)13-9-14-10-16(13)8-2-3-11-5-6-11/h9-12,15H,1-8H2. The van der Waals surface area contributed by atoms with E-state index in [-0.39, 0.29) is 0 Å². The second-order valence-electron chi connectivity index (χ2n) is 5.25. The van der Waals surface area contributed by atoms with Gasteiger partial charge >= 0.3 is 0 Å². The van der Waals surface area contributed by atoms with E-state index in [1.807, 2.05) is 12.5 Å². The number of aromatic nitrogens is 2. The van der Waals surface area contributed by atoms with E-state index in [0.717, 1.165) is 19.0 Å². The van der Waals surface area contributed by atoms with Gasteiger partial charge in [-0.05, 0) is 38.1 Å². The van der Waals surface area contributed by atoms with Crippen LogP contribution in [0.5, 0.6) is 0 Å². The van der Waals surface area contributed by atoms with Gasteiger partial charge in [0, 0.05) is 18.8 Å². The molecule has 2 aliphatic rings. The van der Waals surface area contributed by atoms with E-state index in [1.165, 1.54) is 44.2 Å². The van der Waals surface area contributed by atoms with Gasteiger partial charge in [0.05, 0.1) is 12.0 Å². The van der Waals surface area contributed by atoms with Crippen LogP contribution in [0.2, 0.25) is 0 Å². The van der Waals surface area contributed by atoms with Crippen molar-refractivity contribution in [2.45, 2.75) is 51.1 Å². The monoisotopic (exact) mass is 219 g/mol. The highest BCUT2D eigenvalue weighted by Gasteiger charge is 2.22. The molecule has 88 valence electrons. The minimum absolute atomic E-state index is 0.559. The van der Waals surface area contributed by atoms with Crippen molar-refractivity contribution in [1.29, 1.82) is 0 Å². The summed E-state index contributed by atoms with van der Waals surface area (Å²) in [6.45, 7) is 2.32. The third kappa shape index (κ3) is 2.29. The van der Waals surface area contributed by atoms with Gasteiger partial charge in [-0.1, -0.05) is 12.8 Å². The Morgan fingerprint density at radius 2 is 2.31 bits per heavy atom. The van der Waals surface area contributed by atoms with Crippen LogP contribution in [0.4, 0.5) is 0 Å². The first-order chi connectivity index (χ1) is 7.93. The van der Waals surface area contributed by atoms with E-state index in [0.29, 0.717) is 6.04 Å². The zero-order valence-corrected chi connectivity index (χ0v) is 9.86. The summed E-state index contributed by atoms with van der Waals surface area (Å²) < 4.78 is 2.35. The van der Waals surface area contributed by atoms with Gasteiger partial charge in [-0.2, -0.15) is 0 Å². The van der Waals surface area contributed by atoms with Crippen molar-refractivity contribution in [3.8, 4) is 0 Å². The second-order valence-corrected chi connectivity index (χ2v) is 5.25. The minimum atomic E-state index is 0.559. The van der Waals surface area contributed by atoms with E-state index < -0.39 is 0 Å². The Morgan fingerprint density at radius 1 is 1.38 bits per heavy atom. The van der Waals surface area contributed by atoms with E-state index in [1.54, 1.807) is 0 Å². The second kappa shape index (κ2) is 4.58. The Hall–Kier alpha value is -0.830. The lowest BCUT2D eigenvalue weighted by atomic mass is 10.1. The van der Waals surface area contributed by atoms with Gasteiger partial charge in [0.25, 0.3) is 0 Å². The quantitative estimate of drug-likeness (QED) is 0.824. The normalized spacial score (nSPS) is 25.1. The molecule has 3 nitrogen and oxygen atoms in total. The molecule has 1 N–H and O–H groups in total. The third-order valence-corrected chi connectivity index (χ3v) is 3.87. The number of rotatable bonds is 5. The first-order valence-corrected chi connectivity index (χ1v) is 6.67. The van der Waals surface area contributed by atoms with Crippen LogP contribution in [0.25, 0.3) is 0 Å². The highest BCUT2D eigenvalue weighted by atomic mass is 15.1. The zero-order valence-electron chi connectivity index (χ0n) is 9.86. The van der Waals surface area contributed by atoms with E-state index >= 15 is 0 Å². The van der Waals surface area contributed by atoms with Crippen LogP contribution in [0.15, 0.2) is 12.5 Å². The molecule has 1 aliphatic heterocycles. The molecule has 1 saturated carbocycles. The lowest BCUT2D eigenvalue weighted by molar-refractivity contribution is 0.525. The summed E-state index contributed by atoms with van der Waals surface area (Å²) in [6.07, 6.45) is 12.3. The summed E-state index contributed by atoms with van der Waals surface area (Å²) in [5, 5.41) is 3.55. The fourth-order valence-electron chi connectivity index (χ4n) is 2.70. The summed E-state index contributed by atoms with van der Waals surface area (Å²) in [7, 11) is 0. The van der Waals surface area contributed by atoms with E-state index in [4.69, 9.17) is 0 Å². The molecule has 3 rings (SSSR count). The first-order valence-electron chi connectivity index (χ1n) is 6.67. The lowest BCUT2D eigenvalue weighted by Crippen LogP contribution is -2.16. The van der Waals surface area contributed by atoms with Crippen LogP contribution >= 0.6 is 0 Å². The van der Waals surface area contributed by atoms with Gasteiger partial charge in [0.1, 0.15) is 0 Å². The van der Waals surface area contributed by atoms with Gasteiger partial charge in [-0.25, -0.2) is 4.98 Å². The summed E-state index contributed by atoms with van der Waals surface area (Å²) in [5.74, 6) is 1.05. The molecule has 1 aliphatic carbocycles. The van der Waals surface area contributed by atoms with Crippen molar-refractivity contribution in [1.82, 2.24) is 14.9 Å². The molecular weight excluding hydrogens is 198 g/mol. The Labute approximate surface area is 97.3 Å². The van der Waals surface area contributed by atoms with E-state index in [9.17, 15) is 0 Å². The van der Waals surface area contributed by atoms with Crippen LogP contribution in [-0.4, -0.2) is 16.1 Å². The maximum atomic E-state index is 4.30. The maximum absolute atomic E-state index is 4.30. The van der Waals surface area contributed by atoms with Gasteiger partial charge in [0.15, 0.2) is 0 Å². The molecule has 1 atom stereocenters. The number of aryl methyl sites for hydroxylation is 1. The minimum Gasteiger partial charge on any atom is -0.333 e. The van der Waals surface area contributed by atoms with E-state index in [2.05, 4.69) is 14.9 Å². The van der Waals surface area contributed by atoms with Gasteiger partial charge in [-0.15, -0.1) is 0 Å². The number of nitrogens with one attached hydrogen (secondary N) is 1. The zero-order chi connectivity index (χ0) is 10.8. The van der Waals surface area contributed by atoms with Crippen molar-refractivity contribution < 1.29 is 0 Å². The van der Waals surface area contributed by atoms with Crippen LogP contribution < -0.4 is 5.32 Å². The third-order valence-electron chi connectivity index (χ3n) is 3.87. The molecule has 0 spiro atoms. The van der Waals surface area contributed by atoms with Crippen LogP contribution in [0, 0.1) is 5.92 Å². The molecule has 0 amide bonds. The van der Waals surface area contributed by atoms with Crippen LogP contribution in [0.3, 0.4) is 0 Å². The average molecular weight is 219 g/mol. The fraction of sp³-hybridized carbons (Fsp3) is 0.769. The summed E-state index contributed by atoms with van der Waals surface area (Å²) >= 11 is 0. The number of hydrogen-bond donors (Lipinski definition) is 1. The Morgan fingerprint density at radius 3 is 3.06 bits per heavy atom. The lowest BCUT2D eigenvalue weighted by Gasteiger charge is -2.13. The van der Waals surface area contributed by atoms with Gasteiger partial charge in [0.2, 0.25) is 0 Å². The molecule has 2 fully saturated rings. The number of nitrogens with zero attached hydrogens (tertiary/aromatic N) is 2. The topological polar surface area (TPSA) is 29.9 Å². The molecule has 1 aromatic heterocycles. The fourth-order valence-corrected chi connectivity index (χ4v) is 2.70. The van der Waals surface area contributed by atoms with Crippen molar-refractivity contribution in [3.63, 3.8) is 0 Å². The molecular formula is C13H21N3. The van der Waals surface area contributed by atoms with Crippen LogP contribution in [0.1, 0.15) is 50.3 Å². The average Bonchev–Trinajstić information content (AvgIpc) is 2.82. The highest BCUT2D eigenvalue weighted by Crippen LogP contribution is 2.33. The highest BCUT2D eigenvalue weighted by molar-refractivity contribution is 5.07. The predicted octanol–water partition coefficient (Wildman–Crippen LogP) is 2.50. The molecule has 1 unspecified atom stereocenters. The molecule has 0 bridgehead atoms. The molecule has 16 heavy (non-hydrogen) atoms. The predicted molar refractivity (Wildman–Crippen MR) is 64.2 cm³/mol. The van der Waals surface area contributed by atoms with Gasteiger partial charge in [-0.3, -0.25) is 0 Å². The van der Waals surface area contributed by atoms with Crippen molar-refractivity contribution in [2.75, 3.05) is 6.54 Å². The Kier molecular flexibility index (Phi) is 2.96. The van der Waals surface area contributed by atoms with Crippen molar-refractivity contribution in [2.24, 2.45) is 5.92 Å². The summed E-state index contributed by atoms with van der Waals surface area (Å²) in [5.41, 5.74) is 1.40. The van der Waals surface area contributed by atoms with Crippen LogP contribution in [-0.2, 0) is 6.54 Å². The Bertz CT molecular complexity index is 335. The number of imidazole rings is 1. The molecule has 3 heteroatoms. The maximum Gasteiger partial charge on any atom is 0.0948 e. The number of hydrogen-bond acceptors (Lipinski definition) is 2. The summed E-state index contributed by atoms with van der Waals surface area (Å²) in [4.78, 5) is 4.30.